The first-order valence-corrected chi connectivity index (χ1v) is 10.7. The molecule has 0 saturated carbocycles. The van der Waals surface area contributed by atoms with E-state index in [9.17, 15) is 9.18 Å². The molecule has 32 heavy (non-hydrogen) atoms. The minimum atomic E-state index is -0.473. The summed E-state index contributed by atoms with van der Waals surface area (Å²) in [6.07, 6.45) is 3.66. The second-order valence-electron chi connectivity index (χ2n) is 8.72. The van der Waals surface area contributed by atoms with Gasteiger partial charge in [0.2, 0.25) is 0 Å². The summed E-state index contributed by atoms with van der Waals surface area (Å²) in [7, 11) is 3.58. The number of anilines is 2. The van der Waals surface area contributed by atoms with Crippen LogP contribution in [0.3, 0.4) is 0 Å². The number of piperazine rings is 1. The van der Waals surface area contributed by atoms with Crippen LogP contribution in [0.2, 0.25) is 0 Å². The van der Waals surface area contributed by atoms with E-state index in [4.69, 9.17) is 0 Å². The molecule has 2 aromatic heterocycles. The molecule has 9 heteroatoms. The van der Waals surface area contributed by atoms with Crippen molar-refractivity contribution in [3.8, 4) is 0 Å². The fraction of sp³-hybridized carbons (Fsp3) is 0.348. The number of nitrogens with one attached hydrogen (secondary N) is 2. The summed E-state index contributed by atoms with van der Waals surface area (Å²) >= 11 is 0. The largest absolute Gasteiger partial charge is 0.368 e. The molecule has 3 heterocycles. The molecule has 166 valence electrons. The van der Waals surface area contributed by atoms with Crippen molar-refractivity contribution in [1.29, 1.82) is 0 Å². The Bertz CT molecular complexity index is 1330. The Hall–Kier alpha value is -3.46. The van der Waals surface area contributed by atoms with E-state index in [1.54, 1.807) is 34.7 Å². The van der Waals surface area contributed by atoms with Gasteiger partial charge in [-0.3, -0.25) is 14.2 Å². The zero-order chi connectivity index (χ0) is 22.6. The van der Waals surface area contributed by atoms with Crippen LogP contribution in [-0.4, -0.2) is 50.6 Å². The zero-order valence-electron chi connectivity index (χ0n) is 18.6. The predicted octanol–water partition coefficient (Wildman–Crippen LogP) is 3.04. The Morgan fingerprint density at radius 2 is 1.75 bits per heavy atom. The summed E-state index contributed by atoms with van der Waals surface area (Å²) in [4.78, 5) is 15.5. The molecule has 0 aliphatic carbocycles. The highest BCUT2D eigenvalue weighted by atomic mass is 19.1. The van der Waals surface area contributed by atoms with Gasteiger partial charge in [0.1, 0.15) is 11.0 Å². The summed E-state index contributed by atoms with van der Waals surface area (Å²) in [5.74, 6) is -0.802. The second kappa shape index (κ2) is 7.59. The molecule has 0 radical (unpaired) electrons. The molecule has 0 spiro atoms. The average Bonchev–Trinajstić information content (AvgIpc) is 3.28. The fourth-order valence-corrected chi connectivity index (χ4v) is 4.67. The van der Waals surface area contributed by atoms with Gasteiger partial charge in [-0.25, -0.2) is 4.39 Å². The van der Waals surface area contributed by atoms with E-state index in [0.29, 0.717) is 34.2 Å². The molecule has 1 aliphatic rings. The maximum absolute atomic E-state index is 14.4. The van der Waals surface area contributed by atoms with E-state index in [0.717, 1.165) is 24.2 Å². The number of hydrogen-bond donors (Lipinski definition) is 2. The van der Waals surface area contributed by atoms with Gasteiger partial charge in [0.15, 0.2) is 5.82 Å². The molecular formula is C23H26FN7O. The van der Waals surface area contributed by atoms with Gasteiger partial charge in [0, 0.05) is 73.8 Å². The topological polar surface area (TPSA) is 80.0 Å². The van der Waals surface area contributed by atoms with Gasteiger partial charge in [-0.05, 0) is 38.1 Å². The van der Waals surface area contributed by atoms with E-state index in [1.807, 2.05) is 19.3 Å². The molecule has 1 fully saturated rings. The van der Waals surface area contributed by atoms with Gasteiger partial charge in [0.05, 0.1) is 5.56 Å². The number of benzene rings is 2. The van der Waals surface area contributed by atoms with Gasteiger partial charge >= 0.3 is 0 Å². The molecule has 2 N–H and O–H groups in total. The van der Waals surface area contributed by atoms with Crippen molar-refractivity contribution in [2.24, 2.45) is 14.1 Å². The van der Waals surface area contributed by atoms with E-state index >= 15 is 0 Å². The molecule has 1 aliphatic heterocycles. The van der Waals surface area contributed by atoms with E-state index in [1.165, 1.54) is 6.07 Å². The number of hydrogen-bond acceptors (Lipinski definition) is 5. The Morgan fingerprint density at radius 1 is 1.06 bits per heavy atom. The maximum atomic E-state index is 14.4. The lowest BCUT2D eigenvalue weighted by atomic mass is 10.1. The van der Waals surface area contributed by atoms with Crippen LogP contribution in [0.5, 0.6) is 0 Å². The predicted molar refractivity (Wildman–Crippen MR) is 124 cm³/mol. The number of carbonyl (C=O) groups excluding carboxylic acids is 1. The minimum absolute atomic E-state index is 0.279. The molecule has 2 aromatic carbocycles. The van der Waals surface area contributed by atoms with Crippen molar-refractivity contribution in [2.75, 3.05) is 23.3 Å². The molecule has 0 unspecified atom stereocenters. The number of amides is 1. The van der Waals surface area contributed by atoms with Gasteiger partial charge in [-0.1, -0.05) is 0 Å². The van der Waals surface area contributed by atoms with Crippen LogP contribution in [0.4, 0.5) is 15.8 Å². The van der Waals surface area contributed by atoms with Crippen LogP contribution in [0, 0.1) is 5.82 Å². The third-order valence-corrected chi connectivity index (χ3v) is 5.84. The highest BCUT2D eigenvalue weighted by Gasteiger charge is 2.25. The molecule has 1 saturated heterocycles. The van der Waals surface area contributed by atoms with Crippen LogP contribution in [0.15, 0.2) is 36.7 Å². The molecule has 2 atom stereocenters. The number of nitrogens with zero attached hydrogens (tertiary/aromatic N) is 5. The van der Waals surface area contributed by atoms with E-state index < -0.39 is 5.82 Å². The Balaban J connectivity index is 1.50. The third-order valence-electron chi connectivity index (χ3n) is 5.84. The van der Waals surface area contributed by atoms with Gasteiger partial charge in [0.25, 0.3) is 5.91 Å². The highest BCUT2D eigenvalue weighted by Crippen LogP contribution is 2.31. The summed E-state index contributed by atoms with van der Waals surface area (Å²) in [5, 5.41) is 16.6. The first-order chi connectivity index (χ1) is 15.3. The quantitative estimate of drug-likeness (QED) is 0.517. The maximum Gasteiger partial charge on any atom is 0.257 e. The summed E-state index contributed by atoms with van der Waals surface area (Å²) in [5.41, 5.74) is 2.80. The number of aromatic nitrogens is 4. The van der Waals surface area contributed by atoms with Crippen LogP contribution in [0.25, 0.3) is 21.8 Å². The summed E-state index contributed by atoms with van der Waals surface area (Å²) in [6, 6.07) is 7.53. The lowest BCUT2D eigenvalue weighted by Crippen LogP contribution is -2.54. The molecule has 8 nitrogen and oxygen atoms in total. The monoisotopic (exact) mass is 435 g/mol. The van der Waals surface area contributed by atoms with Crippen molar-refractivity contribution in [3.63, 3.8) is 0 Å². The summed E-state index contributed by atoms with van der Waals surface area (Å²) < 4.78 is 17.7. The lowest BCUT2D eigenvalue weighted by molar-refractivity contribution is 0.102. The molecule has 4 aromatic rings. The first kappa shape index (κ1) is 20.4. The van der Waals surface area contributed by atoms with E-state index in [-0.39, 0.29) is 11.4 Å². The fourth-order valence-electron chi connectivity index (χ4n) is 4.67. The van der Waals surface area contributed by atoms with Crippen molar-refractivity contribution in [2.45, 2.75) is 25.9 Å². The number of aryl methyl sites for hydroxylation is 2. The normalized spacial score (nSPS) is 19.1. The smallest absolute Gasteiger partial charge is 0.257 e. The Morgan fingerprint density at radius 3 is 2.50 bits per heavy atom. The lowest BCUT2D eigenvalue weighted by Gasteiger charge is -2.38. The average molecular weight is 436 g/mol. The van der Waals surface area contributed by atoms with Gasteiger partial charge in [-0.2, -0.15) is 10.2 Å². The molecular weight excluding hydrogens is 409 g/mol. The standard InChI is InChI=1S/C23H26FN7O/c1-13-9-31(10-14(2)25-13)20-6-5-17(22-18(20)12-30(4)28-22)23(32)26-16-7-15-11-29(3)27-21(15)19(24)8-16/h5-8,11-14,25H,9-10H2,1-4H3,(H,26,32)/t13-,14+. The van der Waals surface area contributed by atoms with Gasteiger partial charge < -0.3 is 15.5 Å². The van der Waals surface area contributed by atoms with Crippen LogP contribution < -0.4 is 15.5 Å². The van der Waals surface area contributed by atoms with Crippen LogP contribution >= 0.6 is 0 Å². The SMILES string of the molecule is C[C@@H]1CN(c2ccc(C(=O)Nc3cc(F)c4nn(C)cc4c3)c3nn(C)cc23)C[C@H](C)N1. The summed E-state index contributed by atoms with van der Waals surface area (Å²) in [6.45, 7) is 6.10. The van der Waals surface area contributed by atoms with E-state index in [2.05, 4.69) is 39.6 Å². The van der Waals surface area contributed by atoms with Crippen molar-refractivity contribution < 1.29 is 9.18 Å². The highest BCUT2D eigenvalue weighted by molar-refractivity contribution is 6.14. The van der Waals surface area contributed by atoms with Crippen molar-refractivity contribution >= 4 is 39.1 Å². The molecule has 5 rings (SSSR count). The molecule has 0 bridgehead atoms. The third kappa shape index (κ3) is 3.58. The number of halogens is 1. The number of fused-ring (bicyclic) bond motifs is 2. The van der Waals surface area contributed by atoms with Crippen molar-refractivity contribution in [1.82, 2.24) is 24.9 Å². The minimum Gasteiger partial charge on any atom is -0.368 e. The zero-order valence-corrected chi connectivity index (χ0v) is 18.6. The van der Waals surface area contributed by atoms with Gasteiger partial charge in [-0.15, -0.1) is 0 Å². The number of carbonyl (C=O) groups is 1. The molecule has 1 amide bonds. The second-order valence-corrected chi connectivity index (χ2v) is 8.72. The van der Waals surface area contributed by atoms with Crippen LogP contribution in [0.1, 0.15) is 24.2 Å². The first-order valence-electron chi connectivity index (χ1n) is 10.7. The number of rotatable bonds is 3. The Labute approximate surface area is 185 Å². The Kier molecular flexibility index (Phi) is 4.85. The van der Waals surface area contributed by atoms with Crippen LogP contribution in [-0.2, 0) is 14.1 Å². The van der Waals surface area contributed by atoms with Crippen molar-refractivity contribution in [3.05, 3.63) is 48.0 Å².